The number of ether oxygens (including phenoxy) is 2. The second-order valence-electron chi connectivity index (χ2n) is 6.42. The molecule has 1 rings (SSSR count). The van der Waals surface area contributed by atoms with Crippen LogP contribution in [0.5, 0.6) is 5.75 Å². The second kappa shape index (κ2) is 9.13. The van der Waals surface area contributed by atoms with Gasteiger partial charge >= 0.3 is 12.1 Å². The van der Waals surface area contributed by atoms with E-state index in [4.69, 9.17) is 51.1 Å². The molecule has 0 aliphatic carbocycles. The molecule has 0 fully saturated rings. The van der Waals surface area contributed by atoms with E-state index in [1.807, 2.05) is 0 Å². The predicted octanol–water partition coefficient (Wildman–Crippen LogP) is 6.46. The molecule has 9 heteroatoms. The first kappa shape index (κ1) is 23.5. The van der Waals surface area contributed by atoms with Gasteiger partial charge in [-0.25, -0.2) is 0 Å². The van der Waals surface area contributed by atoms with Crippen molar-refractivity contribution in [1.82, 2.24) is 0 Å². The summed E-state index contributed by atoms with van der Waals surface area (Å²) in [7, 11) is 0. The maximum Gasteiger partial charge on any atom is 0.431 e. The average molecular weight is 452 g/mol. The Morgan fingerprint density at radius 3 is 2.23 bits per heavy atom. The summed E-state index contributed by atoms with van der Waals surface area (Å²) in [5, 5.41) is -0.577. The van der Waals surface area contributed by atoms with E-state index in [0.717, 1.165) is 0 Å². The normalized spacial score (nSPS) is 14.0. The molecule has 0 aromatic heterocycles. The highest BCUT2D eigenvalue weighted by atomic mass is 35.5. The van der Waals surface area contributed by atoms with Crippen LogP contribution in [0.3, 0.4) is 0 Å². The molecule has 0 bridgehead atoms. The number of carbonyl (C=O) groups is 1. The monoisotopic (exact) mass is 450 g/mol. The van der Waals surface area contributed by atoms with E-state index in [0.29, 0.717) is 5.02 Å². The van der Waals surface area contributed by atoms with E-state index in [1.54, 1.807) is 20.8 Å². The van der Waals surface area contributed by atoms with Crippen LogP contribution in [-0.2, 0) is 9.53 Å². The lowest BCUT2D eigenvalue weighted by Gasteiger charge is -2.35. The van der Waals surface area contributed by atoms with Gasteiger partial charge in [0.15, 0.2) is 0 Å². The molecule has 0 aliphatic heterocycles. The van der Waals surface area contributed by atoms with E-state index in [2.05, 4.69) is 4.74 Å². The van der Waals surface area contributed by atoms with Crippen LogP contribution in [0.2, 0.25) is 5.02 Å². The first-order valence-electron chi connectivity index (χ1n) is 7.80. The first-order chi connectivity index (χ1) is 11.8. The summed E-state index contributed by atoms with van der Waals surface area (Å²) < 4.78 is 35.8. The maximum absolute atomic E-state index is 14.5. The molecule has 0 amide bonds. The summed E-state index contributed by atoms with van der Waals surface area (Å²) in [5.41, 5.74) is -0.876. The quantitative estimate of drug-likeness (QED) is 0.319. The number of alkyl halides is 5. The minimum atomic E-state index is -3.93. The van der Waals surface area contributed by atoms with Crippen molar-refractivity contribution in [3.63, 3.8) is 0 Å². The molecule has 0 radical (unpaired) electrons. The Balaban J connectivity index is 2.83. The van der Waals surface area contributed by atoms with Gasteiger partial charge in [-0.15, -0.1) is 11.6 Å². The van der Waals surface area contributed by atoms with Crippen molar-refractivity contribution in [2.24, 2.45) is 5.41 Å². The molecule has 0 spiro atoms. The molecule has 1 aromatic rings. The van der Waals surface area contributed by atoms with Gasteiger partial charge < -0.3 is 9.47 Å². The molecule has 0 saturated carbocycles. The largest absolute Gasteiger partial charge is 0.466 e. The summed E-state index contributed by atoms with van der Waals surface area (Å²) in [6.45, 7) is 5.16. The lowest BCUT2D eigenvalue weighted by molar-refractivity contribution is -0.188. The van der Waals surface area contributed by atoms with Crippen LogP contribution in [0.4, 0.5) is 8.78 Å². The molecule has 0 aliphatic rings. The van der Waals surface area contributed by atoms with Gasteiger partial charge in [-0.05, 0) is 36.6 Å². The molecular weight excluding hydrogens is 432 g/mol. The van der Waals surface area contributed by atoms with Crippen molar-refractivity contribution in [3.8, 4) is 5.75 Å². The fourth-order valence-electron chi connectivity index (χ4n) is 2.04. The molecule has 0 saturated heterocycles. The number of hydrogen-bond donors (Lipinski definition) is 0. The lowest BCUT2D eigenvalue weighted by atomic mass is 9.83. The van der Waals surface area contributed by atoms with E-state index < -0.39 is 33.6 Å². The van der Waals surface area contributed by atoms with Gasteiger partial charge in [-0.1, -0.05) is 48.7 Å². The maximum atomic E-state index is 14.5. The summed E-state index contributed by atoms with van der Waals surface area (Å²) >= 11 is 23.7. The Morgan fingerprint density at radius 1 is 1.19 bits per heavy atom. The number of halogens is 6. The number of benzene rings is 1. The number of rotatable bonds is 9. The molecule has 26 heavy (non-hydrogen) atoms. The molecule has 3 nitrogen and oxygen atoms in total. The second-order valence-corrected chi connectivity index (χ2v) is 8.87. The van der Waals surface area contributed by atoms with E-state index in [-0.39, 0.29) is 18.8 Å². The van der Waals surface area contributed by atoms with Crippen LogP contribution in [0, 0.1) is 5.41 Å². The van der Waals surface area contributed by atoms with Gasteiger partial charge in [0.05, 0.1) is 13.0 Å². The van der Waals surface area contributed by atoms with Crippen LogP contribution in [0.1, 0.15) is 33.6 Å². The Kier molecular flexibility index (Phi) is 8.27. The molecule has 148 valence electrons. The van der Waals surface area contributed by atoms with Crippen molar-refractivity contribution >= 4 is 52.4 Å². The minimum Gasteiger partial charge on any atom is -0.466 e. The third kappa shape index (κ3) is 6.59. The molecule has 0 heterocycles. The third-order valence-electron chi connectivity index (χ3n) is 3.67. The third-order valence-corrected chi connectivity index (χ3v) is 5.42. The highest BCUT2D eigenvalue weighted by Gasteiger charge is 2.56. The topological polar surface area (TPSA) is 35.5 Å². The van der Waals surface area contributed by atoms with Crippen LogP contribution >= 0.6 is 46.4 Å². The lowest BCUT2D eigenvalue weighted by Crippen LogP contribution is -2.47. The zero-order chi connectivity index (χ0) is 20.2. The minimum absolute atomic E-state index is 0.0670. The smallest absolute Gasteiger partial charge is 0.431 e. The Hall–Kier alpha value is -0.490. The number of carbonyl (C=O) groups excluding carboxylic acids is 1. The SMILES string of the molecule is CCOC(=O)CC(C)(C)C(Cl)CC(Cl)(Cl)C(F)(F)Oc1ccc(Cl)cc1. The van der Waals surface area contributed by atoms with Gasteiger partial charge in [0.1, 0.15) is 5.75 Å². The van der Waals surface area contributed by atoms with Gasteiger partial charge in [-0.3, -0.25) is 4.79 Å². The van der Waals surface area contributed by atoms with Crippen molar-refractivity contribution < 1.29 is 23.0 Å². The number of hydrogen-bond acceptors (Lipinski definition) is 3. The Bertz CT molecular complexity index is 607. The molecule has 1 atom stereocenters. The van der Waals surface area contributed by atoms with E-state index in [1.165, 1.54) is 24.3 Å². The summed E-state index contributed by atoms with van der Waals surface area (Å²) in [6, 6.07) is 5.32. The van der Waals surface area contributed by atoms with Crippen molar-refractivity contribution in [2.45, 2.75) is 49.4 Å². The van der Waals surface area contributed by atoms with Crippen LogP contribution in [0.15, 0.2) is 24.3 Å². The Morgan fingerprint density at radius 2 is 1.73 bits per heavy atom. The standard InChI is InChI=1S/C17H20Cl4F2O3/c1-4-25-14(24)10-15(2,3)13(19)9-16(20,21)17(22,23)26-12-7-5-11(18)6-8-12/h5-8,13H,4,9-10H2,1-3H3. The molecule has 1 aromatic carbocycles. The van der Waals surface area contributed by atoms with Gasteiger partial charge in [0.25, 0.3) is 0 Å². The highest BCUT2D eigenvalue weighted by Crippen LogP contribution is 2.47. The Labute approximate surface area is 171 Å². The van der Waals surface area contributed by atoms with Crippen molar-refractivity contribution in [1.29, 1.82) is 0 Å². The average Bonchev–Trinajstić information content (AvgIpc) is 2.48. The van der Waals surface area contributed by atoms with Crippen molar-refractivity contribution in [3.05, 3.63) is 29.3 Å². The van der Waals surface area contributed by atoms with Crippen LogP contribution in [-0.4, -0.2) is 28.4 Å². The van der Waals surface area contributed by atoms with Crippen molar-refractivity contribution in [2.75, 3.05) is 6.61 Å². The fourth-order valence-corrected chi connectivity index (χ4v) is 3.02. The van der Waals surface area contributed by atoms with E-state index >= 15 is 0 Å². The van der Waals surface area contributed by atoms with Gasteiger partial charge in [-0.2, -0.15) is 8.78 Å². The summed E-state index contributed by atoms with van der Waals surface area (Å²) in [4.78, 5) is 11.7. The zero-order valence-corrected chi connectivity index (χ0v) is 17.5. The molecular formula is C17H20Cl4F2O3. The molecule has 0 N–H and O–H groups in total. The van der Waals surface area contributed by atoms with Gasteiger partial charge in [0, 0.05) is 16.8 Å². The highest BCUT2D eigenvalue weighted by molar-refractivity contribution is 6.49. The molecule has 1 unspecified atom stereocenters. The van der Waals surface area contributed by atoms with Crippen LogP contribution < -0.4 is 4.74 Å². The first-order valence-corrected chi connectivity index (χ1v) is 9.37. The van der Waals surface area contributed by atoms with Crippen LogP contribution in [0.25, 0.3) is 0 Å². The van der Waals surface area contributed by atoms with E-state index in [9.17, 15) is 13.6 Å². The zero-order valence-electron chi connectivity index (χ0n) is 14.5. The summed E-state index contributed by atoms with van der Waals surface area (Å²) in [6.07, 6.45) is -4.52. The number of esters is 1. The van der Waals surface area contributed by atoms with Gasteiger partial charge in [0.2, 0.25) is 4.33 Å². The predicted molar refractivity (Wildman–Crippen MR) is 101 cm³/mol. The fraction of sp³-hybridized carbons (Fsp3) is 0.588. The summed E-state index contributed by atoms with van der Waals surface area (Å²) in [5.74, 6) is -0.635.